The molecule has 0 spiro atoms. The summed E-state index contributed by atoms with van der Waals surface area (Å²) < 4.78 is 1.89. The van der Waals surface area contributed by atoms with Crippen molar-refractivity contribution in [3.63, 3.8) is 0 Å². The molecular formula is C15H14Cl2N4. The van der Waals surface area contributed by atoms with Crippen molar-refractivity contribution in [1.29, 1.82) is 0 Å². The summed E-state index contributed by atoms with van der Waals surface area (Å²) in [6, 6.07) is 9.18. The quantitative estimate of drug-likeness (QED) is 0.768. The number of imidazole rings is 1. The van der Waals surface area contributed by atoms with Crippen molar-refractivity contribution >= 4 is 40.3 Å². The maximum absolute atomic E-state index is 6.30. The molecule has 0 bridgehead atoms. The average molecular weight is 321 g/mol. The van der Waals surface area contributed by atoms with Gasteiger partial charge in [-0.1, -0.05) is 29.3 Å². The number of benzene rings is 1. The van der Waals surface area contributed by atoms with E-state index in [4.69, 9.17) is 28.9 Å². The number of nitrogen functional groups attached to an aromatic ring is 1. The molecule has 1 atom stereocenters. The zero-order valence-electron chi connectivity index (χ0n) is 11.6. The molecule has 0 saturated carbocycles. The summed E-state index contributed by atoms with van der Waals surface area (Å²) in [6.45, 7) is 3.95. The zero-order chi connectivity index (χ0) is 15.1. The fourth-order valence-electron chi connectivity index (χ4n) is 2.45. The number of anilines is 1. The molecule has 2 aromatic heterocycles. The van der Waals surface area contributed by atoms with Crippen molar-refractivity contribution in [2.45, 2.75) is 19.9 Å². The number of nitrogens with zero attached hydrogens (tertiary/aromatic N) is 3. The Bertz CT molecular complexity index is 826. The van der Waals surface area contributed by atoms with Gasteiger partial charge in [-0.05, 0) is 43.7 Å². The van der Waals surface area contributed by atoms with Gasteiger partial charge >= 0.3 is 0 Å². The molecule has 0 saturated heterocycles. The highest BCUT2D eigenvalue weighted by Gasteiger charge is 2.19. The minimum Gasteiger partial charge on any atom is -0.369 e. The van der Waals surface area contributed by atoms with Crippen molar-refractivity contribution in [3.05, 3.63) is 51.6 Å². The first-order valence-corrected chi connectivity index (χ1v) is 7.29. The summed E-state index contributed by atoms with van der Waals surface area (Å²) in [5.41, 5.74) is 9.43. The number of pyridine rings is 1. The number of fused-ring (bicyclic) bond motifs is 1. The van der Waals surface area contributed by atoms with Crippen molar-refractivity contribution in [2.24, 2.45) is 0 Å². The molecule has 108 valence electrons. The number of halogens is 2. The Balaban J connectivity index is 2.19. The second-order valence-corrected chi connectivity index (χ2v) is 5.82. The lowest BCUT2D eigenvalue weighted by molar-refractivity contribution is 0.662. The third-order valence-corrected chi connectivity index (χ3v) is 4.07. The summed E-state index contributed by atoms with van der Waals surface area (Å²) in [7, 11) is 0. The van der Waals surface area contributed by atoms with Gasteiger partial charge < -0.3 is 5.73 Å². The van der Waals surface area contributed by atoms with E-state index >= 15 is 0 Å². The second-order valence-electron chi connectivity index (χ2n) is 4.98. The third kappa shape index (κ3) is 2.45. The third-order valence-electron chi connectivity index (χ3n) is 3.50. The lowest BCUT2D eigenvalue weighted by Crippen LogP contribution is -2.11. The first-order valence-electron chi connectivity index (χ1n) is 6.53. The normalized spacial score (nSPS) is 12.8. The molecule has 0 aliphatic carbocycles. The van der Waals surface area contributed by atoms with Crippen LogP contribution in [0.4, 0.5) is 5.95 Å². The van der Waals surface area contributed by atoms with Crippen LogP contribution in [0.25, 0.3) is 11.2 Å². The molecule has 1 unspecified atom stereocenters. The Morgan fingerprint density at radius 2 is 1.90 bits per heavy atom. The van der Waals surface area contributed by atoms with E-state index in [1.165, 1.54) is 0 Å². The molecule has 0 aliphatic rings. The Kier molecular flexibility index (Phi) is 3.51. The number of aromatic nitrogens is 3. The van der Waals surface area contributed by atoms with E-state index in [2.05, 4.69) is 9.97 Å². The molecular weight excluding hydrogens is 307 g/mol. The Labute approximate surface area is 132 Å². The average Bonchev–Trinajstić information content (AvgIpc) is 2.73. The largest absolute Gasteiger partial charge is 0.369 e. The van der Waals surface area contributed by atoms with Gasteiger partial charge in [0.05, 0.1) is 6.04 Å². The van der Waals surface area contributed by atoms with Crippen LogP contribution in [-0.4, -0.2) is 14.5 Å². The van der Waals surface area contributed by atoms with Crippen LogP contribution in [0, 0.1) is 6.92 Å². The van der Waals surface area contributed by atoms with Crippen LogP contribution in [0.1, 0.15) is 24.2 Å². The van der Waals surface area contributed by atoms with Crippen molar-refractivity contribution in [2.75, 3.05) is 5.73 Å². The van der Waals surface area contributed by atoms with E-state index in [-0.39, 0.29) is 6.04 Å². The number of hydrogen-bond donors (Lipinski definition) is 1. The van der Waals surface area contributed by atoms with E-state index in [9.17, 15) is 0 Å². The van der Waals surface area contributed by atoms with Crippen LogP contribution >= 0.6 is 23.2 Å². The predicted octanol–water partition coefficient (Wildman–Crippen LogP) is 4.24. The van der Waals surface area contributed by atoms with E-state index in [0.717, 1.165) is 22.4 Å². The number of hydrogen-bond acceptors (Lipinski definition) is 3. The van der Waals surface area contributed by atoms with Gasteiger partial charge in [-0.25, -0.2) is 9.97 Å². The molecule has 0 aliphatic heterocycles. The molecule has 3 rings (SSSR count). The van der Waals surface area contributed by atoms with E-state index in [1.807, 2.05) is 42.7 Å². The zero-order valence-corrected chi connectivity index (χ0v) is 13.2. The van der Waals surface area contributed by atoms with Crippen molar-refractivity contribution in [3.8, 4) is 0 Å². The Morgan fingerprint density at radius 1 is 1.14 bits per heavy atom. The Hall–Kier alpha value is -1.78. The van der Waals surface area contributed by atoms with E-state index < -0.39 is 0 Å². The van der Waals surface area contributed by atoms with Crippen LogP contribution in [0.3, 0.4) is 0 Å². The lowest BCUT2D eigenvalue weighted by atomic mass is 10.1. The number of nitrogens with two attached hydrogens (primary N) is 1. The van der Waals surface area contributed by atoms with Gasteiger partial charge in [0.2, 0.25) is 5.95 Å². The highest BCUT2D eigenvalue weighted by Crippen LogP contribution is 2.32. The van der Waals surface area contributed by atoms with E-state index in [0.29, 0.717) is 16.0 Å². The van der Waals surface area contributed by atoms with Crippen LogP contribution in [0.2, 0.25) is 10.0 Å². The van der Waals surface area contributed by atoms with Crippen LogP contribution < -0.4 is 5.73 Å². The van der Waals surface area contributed by atoms with Gasteiger partial charge in [0.25, 0.3) is 0 Å². The van der Waals surface area contributed by atoms with Gasteiger partial charge in [0.1, 0.15) is 5.52 Å². The molecule has 2 heterocycles. The molecule has 4 nitrogen and oxygen atoms in total. The number of aryl methyl sites for hydroxylation is 1. The SMILES string of the molecule is Cc1ccc2nc(N)n(C(C)c3ccc(Cl)cc3Cl)c2n1. The van der Waals surface area contributed by atoms with Crippen LogP contribution in [-0.2, 0) is 0 Å². The highest BCUT2D eigenvalue weighted by molar-refractivity contribution is 6.35. The summed E-state index contributed by atoms with van der Waals surface area (Å²) in [5, 5.41) is 1.21. The van der Waals surface area contributed by atoms with Crippen molar-refractivity contribution in [1.82, 2.24) is 14.5 Å². The minimum absolute atomic E-state index is 0.0888. The molecule has 2 N–H and O–H groups in total. The standard InChI is InChI=1S/C15H14Cl2N4/c1-8-3-6-13-14(19-8)21(15(18)20-13)9(2)11-5-4-10(16)7-12(11)17/h3-7,9H,1-2H3,(H2,18,20). The first-order chi connectivity index (χ1) is 9.97. The Morgan fingerprint density at radius 3 is 2.62 bits per heavy atom. The first kappa shape index (κ1) is 14.2. The van der Waals surface area contributed by atoms with Gasteiger partial charge in [-0.15, -0.1) is 0 Å². The molecule has 21 heavy (non-hydrogen) atoms. The van der Waals surface area contributed by atoms with Gasteiger partial charge in [0.15, 0.2) is 5.65 Å². The topological polar surface area (TPSA) is 56.7 Å². The second kappa shape index (κ2) is 5.20. The predicted molar refractivity (Wildman–Crippen MR) is 87.0 cm³/mol. The maximum atomic E-state index is 6.30. The van der Waals surface area contributed by atoms with Crippen molar-refractivity contribution < 1.29 is 0 Å². The lowest BCUT2D eigenvalue weighted by Gasteiger charge is -2.17. The van der Waals surface area contributed by atoms with Crippen LogP contribution in [0.15, 0.2) is 30.3 Å². The monoisotopic (exact) mass is 320 g/mol. The number of rotatable bonds is 2. The summed E-state index contributed by atoms with van der Waals surface area (Å²) in [5.74, 6) is 0.418. The van der Waals surface area contributed by atoms with Crippen LogP contribution in [0.5, 0.6) is 0 Å². The molecule has 0 radical (unpaired) electrons. The van der Waals surface area contributed by atoms with Gasteiger partial charge in [-0.2, -0.15) is 0 Å². The molecule has 6 heteroatoms. The minimum atomic E-state index is -0.0888. The van der Waals surface area contributed by atoms with Gasteiger partial charge in [-0.3, -0.25) is 4.57 Å². The summed E-state index contributed by atoms with van der Waals surface area (Å²) in [6.07, 6.45) is 0. The summed E-state index contributed by atoms with van der Waals surface area (Å²) >= 11 is 12.2. The van der Waals surface area contributed by atoms with Gasteiger partial charge in [0, 0.05) is 15.7 Å². The fourth-order valence-corrected chi connectivity index (χ4v) is 3.01. The smallest absolute Gasteiger partial charge is 0.203 e. The maximum Gasteiger partial charge on any atom is 0.203 e. The molecule has 3 aromatic rings. The fraction of sp³-hybridized carbons (Fsp3) is 0.200. The van der Waals surface area contributed by atoms with E-state index in [1.54, 1.807) is 6.07 Å². The molecule has 0 amide bonds. The summed E-state index contributed by atoms with van der Waals surface area (Å²) in [4.78, 5) is 8.90. The molecule has 1 aromatic carbocycles. The molecule has 0 fully saturated rings. The highest BCUT2D eigenvalue weighted by atomic mass is 35.5.